The molecule has 3 heterocycles. The highest BCUT2D eigenvalue weighted by Gasteiger charge is 2.22. The number of amides is 1. The number of hydrogen-bond acceptors (Lipinski definition) is 10. The minimum absolute atomic E-state index is 0.0870. The van der Waals surface area contributed by atoms with Crippen molar-refractivity contribution < 1.29 is 19.4 Å². The Morgan fingerprint density at radius 2 is 1.86 bits per heavy atom. The van der Waals surface area contributed by atoms with E-state index in [-0.39, 0.29) is 22.3 Å². The van der Waals surface area contributed by atoms with Crippen molar-refractivity contribution in [1.29, 1.82) is 0 Å². The number of pyridine rings is 1. The maximum Gasteiger partial charge on any atom is 0.258 e. The Morgan fingerprint density at radius 3 is 2.54 bits per heavy atom. The summed E-state index contributed by atoms with van der Waals surface area (Å²) in [5, 5.41) is 17.1. The number of benzene rings is 1. The fourth-order valence-electron chi connectivity index (χ4n) is 3.60. The van der Waals surface area contributed by atoms with E-state index < -0.39 is 5.91 Å². The molecule has 0 aliphatic rings. The molecule has 4 rings (SSSR count). The van der Waals surface area contributed by atoms with Crippen molar-refractivity contribution >= 4 is 68.0 Å². The van der Waals surface area contributed by atoms with Crippen LogP contribution in [0.15, 0.2) is 36.1 Å². The van der Waals surface area contributed by atoms with Crippen LogP contribution in [0.4, 0.5) is 17.3 Å². The zero-order chi connectivity index (χ0) is 26.5. The van der Waals surface area contributed by atoms with Crippen molar-refractivity contribution in [2.75, 3.05) is 45.1 Å². The molecule has 0 fully saturated rings. The number of aliphatic hydroxyl groups excluding tert-OH is 1. The van der Waals surface area contributed by atoms with E-state index in [1.54, 1.807) is 17.6 Å². The van der Waals surface area contributed by atoms with Crippen LogP contribution in [0.1, 0.15) is 15.9 Å². The molecule has 1 amide bonds. The first-order chi connectivity index (χ1) is 17.9. The standard InChI is InChI=1S/C24H24Cl2N6O4S/c1-32(6-7-33)10-13-4-5-27-17(8-13)30-23-22-20(28-12-29-23)14(11-37-22)24(34)31-21-18(25)15(35-2)9-16(36-3)19(21)26/h4-5,8-9,11-12,33H,6-7,10H2,1-3H3,(H,31,34)(H,27,28,29,30). The Kier molecular flexibility index (Phi) is 8.62. The summed E-state index contributed by atoms with van der Waals surface area (Å²) in [5.74, 6) is 1.26. The van der Waals surface area contributed by atoms with Crippen LogP contribution in [0.2, 0.25) is 10.0 Å². The molecule has 1 aromatic carbocycles. The topological polar surface area (TPSA) is 122 Å². The van der Waals surface area contributed by atoms with Crippen LogP contribution in [0.3, 0.4) is 0 Å². The van der Waals surface area contributed by atoms with E-state index >= 15 is 0 Å². The predicted octanol–water partition coefficient (Wildman–Crippen LogP) is 4.83. The fraction of sp³-hybridized carbons (Fsp3) is 0.250. The van der Waals surface area contributed by atoms with Crippen molar-refractivity contribution in [3.63, 3.8) is 0 Å². The lowest BCUT2D eigenvalue weighted by molar-refractivity contribution is 0.102. The minimum Gasteiger partial charge on any atom is -0.495 e. The first-order valence-electron chi connectivity index (χ1n) is 11.0. The molecular formula is C24H24Cl2N6O4S. The number of thiophene rings is 1. The molecule has 0 aliphatic heterocycles. The lowest BCUT2D eigenvalue weighted by Crippen LogP contribution is -2.21. The molecule has 3 aromatic heterocycles. The molecule has 0 spiro atoms. The van der Waals surface area contributed by atoms with Crippen LogP contribution < -0.4 is 20.1 Å². The Bertz CT molecular complexity index is 1410. The van der Waals surface area contributed by atoms with Crippen LogP contribution in [0.5, 0.6) is 11.5 Å². The van der Waals surface area contributed by atoms with Gasteiger partial charge in [-0.05, 0) is 24.7 Å². The third-order valence-electron chi connectivity index (χ3n) is 5.42. The number of hydrogen-bond donors (Lipinski definition) is 3. The second kappa shape index (κ2) is 11.9. The number of nitrogens with zero attached hydrogens (tertiary/aromatic N) is 4. The van der Waals surface area contributed by atoms with Gasteiger partial charge in [-0.25, -0.2) is 15.0 Å². The third-order valence-corrected chi connectivity index (χ3v) is 7.14. The number of carbonyl (C=O) groups excluding carboxylic acids is 1. The van der Waals surface area contributed by atoms with Gasteiger partial charge in [-0.2, -0.15) is 0 Å². The second-order valence-corrected chi connectivity index (χ2v) is 9.56. The number of likely N-dealkylation sites (N-methyl/N-ethyl adjacent to an activating group) is 1. The quantitative estimate of drug-likeness (QED) is 0.249. The van der Waals surface area contributed by atoms with Gasteiger partial charge in [0, 0.05) is 30.7 Å². The Labute approximate surface area is 227 Å². The molecule has 0 aliphatic carbocycles. The summed E-state index contributed by atoms with van der Waals surface area (Å²) in [6.07, 6.45) is 3.08. The van der Waals surface area contributed by atoms with Gasteiger partial charge in [0.1, 0.15) is 33.7 Å². The van der Waals surface area contributed by atoms with Gasteiger partial charge in [0.2, 0.25) is 0 Å². The Balaban J connectivity index is 1.61. The van der Waals surface area contributed by atoms with E-state index in [1.807, 2.05) is 24.1 Å². The third kappa shape index (κ3) is 5.86. The predicted molar refractivity (Wildman–Crippen MR) is 146 cm³/mol. The summed E-state index contributed by atoms with van der Waals surface area (Å²) in [4.78, 5) is 28.3. The molecule has 0 bridgehead atoms. The number of halogens is 2. The summed E-state index contributed by atoms with van der Waals surface area (Å²) in [7, 11) is 4.84. The number of anilines is 3. The maximum atomic E-state index is 13.2. The number of nitrogens with one attached hydrogen (secondary N) is 2. The largest absolute Gasteiger partial charge is 0.495 e. The summed E-state index contributed by atoms with van der Waals surface area (Å²) < 4.78 is 11.2. The van der Waals surface area contributed by atoms with Crippen LogP contribution in [0, 0.1) is 0 Å². The molecule has 10 nitrogen and oxygen atoms in total. The molecule has 0 radical (unpaired) electrons. The first kappa shape index (κ1) is 26.8. The van der Waals surface area contributed by atoms with Crippen molar-refractivity contribution in [3.8, 4) is 11.5 Å². The zero-order valence-corrected chi connectivity index (χ0v) is 22.5. The fourth-order valence-corrected chi connectivity index (χ4v) is 5.14. The highest BCUT2D eigenvalue weighted by Crippen LogP contribution is 2.44. The Hall–Kier alpha value is -3.22. The minimum atomic E-state index is -0.456. The number of rotatable bonds is 10. The van der Waals surface area contributed by atoms with Gasteiger partial charge in [-0.15, -0.1) is 11.3 Å². The van der Waals surface area contributed by atoms with Gasteiger partial charge in [-0.1, -0.05) is 23.2 Å². The number of aliphatic hydroxyl groups is 1. The number of carbonyl (C=O) groups is 1. The highest BCUT2D eigenvalue weighted by atomic mass is 35.5. The average molecular weight is 563 g/mol. The van der Waals surface area contributed by atoms with E-state index in [1.165, 1.54) is 31.9 Å². The van der Waals surface area contributed by atoms with Crippen molar-refractivity contribution in [2.24, 2.45) is 0 Å². The SMILES string of the molecule is COc1cc(OC)c(Cl)c(NC(=O)c2csc3c(Nc4cc(CN(C)CCO)ccn4)ncnc23)c1Cl. The highest BCUT2D eigenvalue weighted by molar-refractivity contribution is 7.18. The van der Waals surface area contributed by atoms with E-state index in [0.29, 0.717) is 52.0 Å². The smallest absolute Gasteiger partial charge is 0.258 e. The van der Waals surface area contributed by atoms with Gasteiger partial charge < -0.3 is 25.2 Å². The number of methoxy groups -OCH3 is 2. The summed E-state index contributed by atoms with van der Waals surface area (Å²) in [5.41, 5.74) is 1.98. The summed E-state index contributed by atoms with van der Waals surface area (Å²) in [6, 6.07) is 5.36. The molecule has 13 heteroatoms. The van der Waals surface area contributed by atoms with Gasteiger partial charge in [0.25, 0.3) is 5.91 Å². The van der Waals surface area contributed by atoms with Gasteiger partial charge in [0.05, 0.1) is 42.3 Å². The zero-order valence-electron chi connectivity index (χ0n) is 20.2. The molecule has 194 valence electrons. The monoisotopic (exact) mass is 562 g/mol. The van der Waals surface area contributed by atoms with Crippen LogP contribution >= 0.6 is 34.5 Å². The second-order valence-electron chi connectivity index (χ2n) is 7.92. The molecule has 3 N–H and O–H groups in total. The van der Waals surface area contributed by atoms with E-state index in [9.17, 15) is 4.79 Å². The normalized spacial score (nSPS) is 11.1. The summed E-state index contributed by atoms with van der Waals surface area (Å²) in [6.45, 7) is 1.31. The lowest BCUT2D eigenvalue weighted by atomic mass is 10.2. The molecule has 0 unspecified atom stereocenters. The molecule has 4 aromatic rings. The molecule has 0 atom stereocenters. The maximum absolute atomic E-state index is 13.2. The van der Waals surface area contributed by atoms with Crippen LogP contribution in [-0.4, -0.2) is 65.3 Å². The lowest BCUT2D eigenvalue weighted by Gasteiger charge is -2.15. The average Bonchev–Trinajstić information content (AvgIpc) is 3.32. The van der Waals surface area contributed by atoms with Crippen molar-refractivity contribution in [3.05, 3.63) is 57.3 Å². The molecule has 0 saturated heterocycles. The van der Waals surface area contributed by atoms with Gasteiger partial charge in [-0.3, -0.25) is 9.69 Å². The van der Waals surface area contributed by atoms with E-state index in [0.717, 1.165) is 5.56 Å². The number of aromatic nitrogens is 3. The van der Waals surface area contributed by atoms with Crippen LogP contribution in [0.25, 0.3) is 10.2 Å². The Morgan fingerprint density at radius 1 is 1.14 bits per heavy atom. The van der Waals surface area contributed by atoms with E-state index in [4.69, 9.17) is 37.8 Å². The van der Waals surface area contributed by atoms with E-state index in [2.05, 4.69) is 25.6 Å². The van der Waals surface area contributed by atoms with Crippen molar-refractivity contribution in [1.82, 2.24) is 19.9 Å². The molecule has 0 saturated carbocycles. The number of ether oxygens (including phenoxy) is 2. The summed E-state index contributed by atoms with van der Waals surface area (Å²) >= 11 is 14.1. The first-order valence-corrected chi connectivity index (χ1v) is 12.6. The molecule has 37 heavy (non-hydrogen) atoms. The van der Waals surface area contributed by atoms with Gasteiger partial charge >= 0.3 is 0 Å². The van der Waals surface area contributed by atoms with Gasteiger partial charge in [0.15, 0.2) is 5.82 Å². The van der Waals surface area contributed by atoms with Crippen LogP contribution in [-0.2, 0) is 6.54 Å². The molecular weight excluding hydrogens is 539 g/mol. The van der Waals surface area contributed by atoms with Crippen molar-refractivity contribution in [2.45, 2.75) is 6.54 Å². The number of fused-ring (bicyclic) bond motifs is 1.